The Morgan fingerprint density at radius 1 is 0.500 bits per heavy atom. The zero-order valence-corrected chi connectivity index (χ0v) is 19.6. The third-order valence-electron chi connectivity index (χ3n) is 6.85. The fraction of sp³-hybridized carbons (Fsp3) is 0. The average Bonchev–Trinajstić information content (AvgIpc) is 3.33. The molecule has 170 valence electrons. The van der Waals surface area contributed by atoms with Crippen LogP contribution in [0.2, 0.25) is 0 Å². The molecule has 0 saturated carbocycles. The fourth-order valence-corrected chi connectivity index (χ4v) is 5.21. The van der Waals surface area contributed by atoms with Gasteiger partial charge in [-0.05, 0) is 57.3 Å². The minimum Gasteiger partial charge on any atom is -0.454 e. The Morgan fingerprint density at radius 3 is 2.03 bits per heavy atom. The second kappa shape index (κ2) is 8.44. The zero-order chi connectivity index (χ0) is 23.9. The smallest absolute Gasteiger partial charge is 0.158 e. The predicted octanol–water partition coefficient (Wildman–Crippen LogP) is 9.82. The fourth-order valence-electron chi connectivity index (χ4n) is 5.21. The van der Waals surface area contributed by atoms with Crippen LogP contribution in [0.1, 0.15) is 0 Å². The molecule has 0 amide bonds. The van der Waals surface area contributed by atoms with Crippen molar-refractivity contribution in [2.24, 2.45) is 0 Å². The van der Waals surface area contributed by atoms with Gasteiger partial charge in [0, 0.05) is 16.5 Å². The Morgan fingerprint density at radius 2 is 1.17 bits per heavy atom. The van der Waals surface area contributed by atoms with Crippen molar-refractivity contribution in [3.63, 3.8) is 0 Å². The van der Waals surface area contributed by atoms with Gasteiger partial charge in [-0.25, -0.2) is 0 Å². The van der Waals surface area contributed by atoms with E-state index in [0.29, 0.717) is 0 Å². The van der Waals surface area contributed by atoms with E-state index in [1.165, 1.54) is 33.0 Å². The van der Waals surface area contributed by atoms with E-state index >= 15 is 0 Å². The van der Waals surface area contributed by atoms with Gasteiger partial charge in [-0.1, -0.05) is 109 Å². The molecule has 0 aliphatic heterocycles. The molecule has 2 nitrogen and oxygen atoms in total. The molecule has 1 heterocycles. The molecule has 0 atom stereocenters. The van der Waals surface area contributed by atoms with Gasteiger partial charge in [0.1, 0.15) is 5.58 Å². The normalized spacial score (nSPS) is 11.3. The lowest BCUT2D eigenvalue weighted by Crippen LogP contribution is -1.92. The summed E-state index contributed by atoms with van der Waals surface area (Å²) in [4.78, 5) is 0. The second-order valence-corrected chi connectivity index (χ2v) is 9.06. The molecule has 36 heavy (non-hydrogen) atoms. The maximum Gasteiger partial charge on any atom is 0.158 e. The van der Waals surface area contributed by atoms with Crippen molar-refractivity contribution in [1.82, 2.24) is 0 Å². The van der Waals surface area contributed by atoms with Gasteiger partial charge in [0.15, 0.2) is 5.58 Å². The van der Waals surface area contributed by atoms with Gasteiger partial charge in [-0.3, -0.25) is 0 Å². The summed E-state index contributed by atoms with van der Waals surface area (Å²) in [6.45, 7) is 0. The summed E-state index contributed by atoms with van der Waals surface area (Å²) in [6.07, 6.45) is 0. The molecular weight excluding hydrogens is 438 g/mol. The Balaban J connectivity index is 1.35. The number of benzene rings is 6. The maximum absolute atomic E-state index is 6.23. The van der Waals surface area contributed by atoms with Crippen LogP contribution < -0.4 is 5.32 Å². The maximum atomic E-state index is 6.23. The molecule has 1 aromatic heterocycles. The van der Waals surface area contributed by atoms with Crippen molar-refractivity contribution in [2.75, 3.05) is 5.32 Å². The average molecular weight is 462 g/mol. The Labute approximate surface area is 209 Å². The summed E-state index contributed by atoms with van der Waals surface area (Å²) in [7, 11) is 0. The molecular formula is C34H23NO. The van der Waals surface area contributed by atoms with Gasteiger partial charge in [0.25, 0.3) is 0 Å². The van der Waals surface area contributed by atoms with Crippen LogP contribution in [0, 0.1) is 0 Å². The summed E-state index contributed by atoms with van der Waals surface area (Å²) >= 11 is 0. The van der Waals surface area contributed by atoms with Crippen LogP contribution in [-0.2, 0) is 0 Å². The lowest BCUT2D eigenvalue weighted by molar-refractivity contribution is 0.670. The Hall–Kier alpha value is -4.82. The quantitative estimate of drug-likeness (QED) is 0.282. The topological polar surface area (TPSA) is 25.2 Å². The van der Waals surface area contributed by atoms with E-state index in [2.05, 4.69) is 127 Å². The SMILES string of the molecule is c1ccc(-c2cccc3cccc(-c4cccc(Nc5cccc6c5oc5ccccc56)c4)c23)cc1. The number of furan rings is 1. The van der Waals surface area contributed by atoms with Crippen molar-refractivity contribution in [1.29, 1.82) is 0 Å². The number of hydrogen-bond acceptors (Lipinski definition) is 2. The molecule has 6 aromatic carbocycles. The van der Waals surface area contributed by atoms with E-state index in [9.17, 15) is 0 Å². The van der Waals surface area contributed by atoms with Crippen LogP contribution in [0.25, 0.3) is 55.0 Å². The number of fused-ring (bicyclic) bond motifs is 4. The third kappa shape index (κ3) is 3.43. The minimum absolute atomic E-state index is 0.876. The van der Waals surface area contributed by atoms with E-state index in [1.807, 2.05) is 12.1 Å². The highest BCUT2D eigenvalue weighted by atomic mass is 16.3. The molecule has 0 unspecified atom stereocenters. The molecule has 7 aromatic rings. The molecule has 2 heteroatoms. The number of para-hydroxylation sites is 2. The Bertz CT molecular complexity index is 1860. The van der Waals surface area contributed by atoms with Crippen LogP contribution in [0.5, 0.6) is 0 Å². The third-order valence-corrected chi connectivity index (χ3v) is 6.85. The Kier molecular flexibility index (Phi) is 4.82. The first-order valence-electron chi connectivity index (χ1n) is 12.2. The van der Waals surface area contributed by atoms with Crippen LogP contribution in [0.4, 0.5) is 11.4 Å². The number of nitrogens with one attached hydrogen (secondary N) is 1. The summed E-state index contributed by atoms with van der Waals surface area (Å²) in [5.74, 6) is 0. The van der Waals surface area contributed by atoms with Gasteiger partial charge in [0.05, 0.1) is 5.69 Å². The van der Waals surface area contributed by atoms with Gasteiger partial charge >= 0.3 is 0 Å². The molecule has 0 radical (unpaired) electrons. The van der Waals surface area contributed by atoms with Crippen molar-refractivity contribution >= 4 is 44.1 Å². The number of anilines is 2. The summed E-state index contributed by atoms with van der Waals surface area (Å²) in [5.41, 5.74) is 8.62. The first-order chi connectivity index (χ1) is 17.8. The first kappa shape index (κ1) is 20.5. The van der Waals surface area contributed by atoms with Gasteiger partial charge in [-0.15, -0.1) is 0 Å². The van der Waals surface area contributed by atoms with Crippen molar-refractivity contribution < 1.29 is 4.42 Å². The predicted molar refractivity (Wildman–Crippen MR) is 152 cm³/mol. The first-order valence-corrected chi connectivity index (χ1v) is 12.2. The van der Waals surface area contributed by atoms with Crippen LogP contribution >= 0.6 is 0 Å². The van der Waals surface area contributed by atoms with E-state index in [0.717, 1.165) is 33.3 Å². The molecule has 7 rings (SSSR count). The molecule has 0 aliphatic rings. The lowest BCUT2D eigenvalue weighted by Gasteiger charge is -2.14. The van der Waals surface area contributed by atoms with Gasteiger partial charge in [-0.2, -0.15) is 0 Å². The molecule has 0 saturated heterocycles. The molecule has 0 bridgehead atoms. The van der Waals surface area contributed by atoms with Gasteiger partial charge < -0.3 is 9.73 Å². The number of rotatable bonds is 4. The van der Waals surface area contributed by atoms with Crippen LogP contribution in [0.15, 0.2) is 138 Å². The molecule has 0 spiro atoms. The summed E-state index contributed by atoms with van der Waals surface area (Å²) in [6, 6.07) is 46.8. The van der Waals surface area contributed by atoms with E-state index in [-0.39, 0.29) is 0 Å². The van der Waals surface area contributed by atoms with Crippen LogP contribution in [0.3, 0.4) is 0 Å². The van der Waals surface area contributed by atoms with Crippen molar-refractivity contribution in [3.05, 3.63) is 133 Å². The summed E-state index contributed by atoms with van der Waals surface area (Å²) in [5, 5.41) is 8.37. The second-order valence-electron chi connectivity index (χ2n) is 9.06. The van der Waals surface area contributed by atoms with Gasteiger partial charge in [0.2, 0.25) is 0 Å². The highest BCUT2D eigenvalue weighted by Gasteiger charge is 2.13. The molecule has 1 N–H and O–H groups in total. The monoisotopic (exact) mass is 461 g/mol. The largest absolute Gasteiger partial charge is 0.454 e. The van der Waals surface area contributed by atoms with Crippen molar-refractivity contribution in [3.8, 4) is 22.3 Å². The van der Waals surface area contributed by atoms with Crippen LogP contribution in [-0.4, -0.2) is 0 Å². The number of hydrogen-bond donors (Lipinski definition) is 1. The van der Waals surface area contributed by atoms with E-state index < -0.39 is 0 Å². The summed E-state index contributed by atoms with van der Waals surface area (Å²) < 4.78 is 6.23. The molecule has 0 aliphatic carbocycles. The highest BCUT2D eigenvalue weighted by molar-refractivity contribution is 6.09. The molecule has 0 fully saturated rings. The lowest BCUT2D eigenvalue weighted by atomic mass is 9.91. The highest BCUT2D eigenvalue weighted by Crippen LogP contribution is 2.38. The zero-order valence-electron chi connectivity index (χ0n) is 19.6. The van der Waals surface area contributed by atoms with E-state index in [4.69, 9.17) is 4.42 Å². The minimum atomic E-state index is 0.876. The van der Waals surface area contributed by atoms with Crippen molar-refractivity contribution in [2.45, 2.75) is 0 Å². The standard InChI is InChI=1S/C34H23NO/c1-2-10-23(11-3-1)27-17-7-12-24-13-8-18-28(33(24)27)25-14-6-15-26(22-25)35-31-20-9-19-30-29-16-4-5-21-32(29)36-34(30)31/h1-22,35H. The van der Waals surface area contributed by atoms with E-state index in [1.54, 1.807) is 0 Å².